The molecule has 2 unspecified atom stereocenters. The van der Waals surface area contributed by atoms with Gasteiger partial charge in [-0.3, -0.25) is 19.4 Å². The Morgan fingerprint density at radius 1 is 1.17 bits per heavy atom. The molecule has 7 heteroatoms. The number of hydrogen-bond donors (Lipinski definition) is 1. The molecule has 2 atom stereocenters. The van der Waals surface area contributed by atoms with Gasteiger partial charge in [0.05, 0.1) is 25.3 Å². The molecule has 2 aromatic rings. The Hall–Kier alpha value is -3.74. The molecule has 0 aliphatic carbocycles. The third kappa shape index (κ3) is 8.21. The van der Waals surface area contributed by atoms with Crippen LogP contribution >= 0.6 is 0 Å². The third-order valence-corrected chi connectivity index (χ3v) is 5.56. The molecule has 186 valence electrons. The first-order valence-corrected chi connectivity index (χ1v) is 11.7. The van der Waals surface area contributed by atoms with Crippen LogP contribution in [0.25, 0.3) is 11.3 Å². The highest BCUT2D eigenvalue weighted by Crippen LogP contribution is 2.26. The van der Waals surface area contributed by atoms with Gasteiger partial charge in [-0.05, 0) is 55.5 Å². The van der Waals surface area contributed by atoms with Gasteiger partial charge < -0.3 is 15.0 Å². The fourth-order valence-corrected chi connectivity index (χ4v) is 3.72. The summed E-state index contributed by atoms with van der Waals surface area (Å²) in [5, 5.41) is 2.98. The normalized spacial score (nSPS) is 13.1. The Labute approximate surface area is 207 Å². The fourth-order valence-electron chi connectivity index (χ4n) is 3.72. The summed E-state index contributed by atoms with van der Waals surface area (Å²) in [5.41, 5.74) is 3.50. The SMILES string of the molecule is C/C=C\C=C/N(C=O)C(CC(C)C)C(=O)NC(CC(=O)OC)c1ccnc(-c2ccccc2C)c1. The van der Waals surface area contributed by atoms with E-state index in [1.807, 2.05) is 64.1 Å². The highest BCUT2D eigenvalue weighted by molar-refractivity contribution is 5.85. The van der Waals surface area contributed by atoms with Crippen molar-refractivity contribution >= 4 is 18.3 Å². The van der Waals surface area contributed by atoms with E-state index >= 15 is 0 Å². The van der Waals surface area contributed by atoms with E-state index in [0.717, 1.165) is 22.4 Å². The summed E-state index contributed by atoms with van der Waals surface area (Å²) in [5.74, 6) is -0.639. The van der Waals surface area contributed by atoms with Gasteiger partial charge in [-0.25, -0.2) is 0 Å². The van der Waals surface area contributed by atoms with Crippen molar-refractivity contribution in [2.75, 3.05) is 7.11 Å². The number of carbonyl (C=O) groups is 3. The van der Waals surface area contributed by atoms with Crippen LogP contribution in [0.1, 0.15) is 50.8 Å². The molecule has 0 aliphatic rings. The summed E-state index contributed by atoms with van der Waals surface area (Å²) in [6, 6.07) is 10.1. The number of hydrogen-bond acceptors (Lipinski definition) is 5. The van der Waals surface area contributed by atoms with Gasteiger partial charge in [0.1, 0.15) is 6.04 Å². The zero-order valence-corrected chi connectivity index (χ0v) is 21.1. The predicted molar refractivity (Wildman–Crippen MR) is 137 cm³/mol. The van der Waals surface area contributed by atoms with E-state index in [1.165, 1.54) is 12.0 Å². The lowest BCUT2D eigenvalue weighted by Crippen LogP contribution is -2.46. The summed E-state index contributed by atoms with van der Waals surface area (Å²) in [6.45, 7) is 7.85. The van der Waals surface area contributed by atoms with Crippen LogP contribution < -0.4 is 5.32 Å². The largest absolute Gasteiger partial charge is 0.469 e. The number of carbonyl (C=O) groups excluding carboxylic acids is 3. The van der Waals surface area contributed by atoms with E-state index in [2.05, 4.69) is 10.3 Å². The molecule has 35 heavy (non-hydrogen) atoms. The number of nitrogens with one attached hydrogen (secondary N) is 1. The van der Waals surface area contributed by atoms with Gasteiger partial charge >= 0.3 is 5.97 Å². The van der Waals surface area contributed by atoms with Gasteiger partial charge in [-0.15, -0.1) is 0 Å². The lowest BCUT2D eigenvalue weighted by molar-refractivity contribution is -0.141. The van der Waals surface area contributed by atoms with Crippen molar-refractivity contribution in [2.45, 2.75) is 52.6 Å². The maximum Gasteiger partial charge on any atom is 0.307 e. The Morgan fingerprint density at radius 3 is 2.54 bits per heavy atom. The quantitative estimate of drug-likeness (QED) is 0.271. The summed E-state index contributed by atoms with van der Waals surface area (Å²) >= 11 is 0. The summed E-state index contributed by atoms with van der Waals surface area (Å²) in [7, 11) is 1.31. The smallest absolute Gasteiger partial charge is 0.307 e. The Balaban J connectivity index is 2.41. The molecular weight excluding hydrogens is 442 g/mol. The minimum Gasteiger partial charge on any atom is -0.469 e. The van der Waals surface area contributed by atoms with Crippen LogP contribution in [-0.4, -0.2) is 41.3 Å². The standard InChI is InChI=1S/C28H35N3O4/c1-6-7-10-15-31(19-32)26(16-20(2)3)28(34)30-24(18-27(33)35-5)22-13-14-29-25(17-22)23-12-9-8-11-21(23)4/h6-15,17,19-20,24,26H,16,18H2,1-5H3,(H,30,34)/b7-6-,15-10-. The number of methoxy groups -OCH3 is 1. The van der Waals surface area contributed by atoms with Gasteiger partial charge in [0.25, 0.3) is 0 Å². The van der Waals surface area contributed by atoms with Crippen LogP contribution in [0.4, 0.5) is 0 Å². The van der Waals surface area contributed by atoms with Crippen LogP contribution in [0.3, 0.4) is 0 Å². The molecule has 0 saturated carbocycles. The van der Waals surface area contributed by atoms with Crippen molar-refractivity contribution in [3.8, 4) is 11.3 Å². The van der Waals surface area contributed by atoms with Crippen LogP contribution in [0.5, 0.6) is 0 Å². The van der Waals surface area contributed by atoms with Crippen molar-refractivity contribution in [1.82, 2.24) is 15.2 Å². The van der Waals surface area contributed by atoms with Crippen molar-refractivity contribution in [1.29, 1.82) is 0 Å². The average molecular weight is 478 g/mol. The van der Waals surface area contributed by atoms with Crippen LogP contribution in [0.2, 0.25) is 0 Å². The molecule has 7 nitrogen and oxygen atoms in total. The number of benzene rings is 1. The molecule has 1 aromatic heterocycles. The second-order valence-electron chi connectivity index (χ2n) is 8.70. The van der Waals surface area contributed by atoms with Crippen molar-refractivity contribution in [3.63, 3.8) is 0 Å². The van der Waals surface area contributed by atoms with Crippen molar-refractivity contribution < 1.29 is 19.1 Å². The fraction of sp³-hybridized carbons (Fsp3) is 0.357. The average Bonchev–Trinajstić information content (AvgIpc) is 2.85. The van der Waals surface area contributed by atoms with Crippen LogP contribution in [-0.2, 0) is 19.1 Å². The number of allylic oxidation sites excluding steroid dienone is 3. The number of ether oxygens (including phenoxy) is 1. The number of amides is 2. The molecule has 0 bridgehead atoms. The maximum atomic E-state index is 13.4. The third-order valence-electron chi connectivity index (χ3n) is 5.56. The van der Waals surface area contributed by atoms with E-state index in [1.54, 1.807) is 30.6 Å². The monoisotopic (exact) mass is 477 g/mol. The zero-order chi connectivity index (χ0) is 25.8. The Bertz CT molecular complexity index is 1060. The van der Waals surface area contributed by atoms with Gasteiger partial charge in [0.15, 0.2) is 0 Å². The molecule has 2 rings (SSSR count). The number of aromatic nitrogens is 1. The van der Waals surface area contributed by atoms with Gasteiger partial charge in [-0.2, -0.15) is 0 Å². The summed E-state index contributed by atoms with van der Waals surface area (Å²) in [4.78, 5) is 43.3. The molecule has 2 amide bonds. The second-order valence-corrected chi connectivity index (χ2v) is 8.70. The van der Waals surface area contributed by atoms with Crippen molar-refractivity contribution in [2.24, 2.45) is 5.92 Å². The zero-order valence-electron chi connectivity index (χ0n) is 21.1. The van der Waals surface area contributed by atoms with E-state index < -0.39 is 18.1 Å². The highest BCUT2D eigenvalue weighted by atomic mass is 16.5. The van der Waals surface area contributed by atoms with E-state index in [0.29, 0.717) is 12.8 Å². The maximum absolute atomic E-state index is 13.4. The summed E-state index contributed by atoms with van der Waals surface area (Å²) < 4.78 is 4.89. The Kier molecular flexibility index (Phi) is 10.9. The Morgan fingerprint density at radius 2 is 1.91 bits per heavy atom. The molecule has 0 radical (unpaired) electrons. The lowest BCUT2D eigenvalue weighted by Gasteiger charge is -2.28. The topological polar surface area (TPSA) is 88.6 Å². The molecule has 0 saturated heterocycles. The predicted octanol–water partition coefficient (Wildman–Crippen LogP) is 4.74. The molecule has 0 aliphatic heterocycles. The van der Waals surface area contributed by atoms with Crippen LogP contribution in [0, 0.1) is 12.8 Å². The van der Waals surface area contributed by atoms with E-state index in [9.17, 15) is 14.4 Å². The molecule has 0 fully saturated rings. The van der Waals surface area contributed by atoms with Gasteiger partial charge in [-0.1, -0.05) is 50.3 Å². The van der Waals surface area contributed by atoms with Gasteiger partial charge in [0, 0.05) is 18.0 Å². The number of aryl methyl sites for hydroxylation is 1. The summed E-state index contributed by atoms with van der Waals surface area (Å²) in [6.07, 6.45) is 9.62. The molecule has 1 N–H and O–H groups in total. The molecule has 0 spiro atoms. The van der Waals surface area contributed by atoms with Crippen molar-refractivity contribution in [3.05, 3.63) is 78.1 Å². The van der Waals surface area contributed by atoms with E-state index in [-0.39, 0.29) is 18.2 Å². The molecule has 1 aromatic carbocycles. The number of pyridine rings is 1. The molecular formula is C28H35N3O4. The van der Waals surface area contributed by atoms with Crippen LogP contribution in [0.15, 0.2) is 67.0 Å². The van der Waals surface area contributed by atoms with Gasteiger partial charge in [0.2, 0.25) is 12.3 Å². The van der Waals surface area contributed by atoms with E-state index in [4.69, 9.17) is 4.74 Å². The first-order valence-electron chi connectivity index (χ1n) is 11.7. The first kappa shape index (κ1) is 27.5. The molecule has 1 heterocycles. The first-order chi connectivity index (χ1) is 16.8. The number of nitrogens with zero attached hydrogens (tertiary/aromatic N) is 2. The minimum atomic E-state index is -0.730. The second kappa shape index (κ2) is 13.8. The minimum absolute atomic E-state index is 0.0522. The lowest BCUT2D eigenvalue weighted by atomic mass is 9.98. The number of esters is 1. The highest BCUT2D eigenvalue weighted by Gasteiger charge is 2.28. The number of rotatable bonds is 12.